The van der Waals surface area contributed by atoms with Gasteiger partial charge in [-0.2, -0.15) is 9.97 Å². The Labute approximate surface area is 150 Å². The van der Waals surface area contributed by atoms with Crippen molar-refractivity contribution in [3.63, 3.8) is 0 Å². The van der Waals surface area contributed by atoms with Gasteiger partial charge in [0.15, 0.2) is 17.8 Å². The molecule has 3 heterocycles. The van der Waals surface area contributed by atoms with Gasteiger partial charge in [-0.25, -0.2) is 4.98 Å². The first-order chi connectivity index (χ1) is 12.1. The normalized spacial score (nSPS) is 18.1. The summed E-state index contributed by atoms with van der Waals surface area (Å²) >= 11 is 6.01. The van der Waals surface area contributed by atoms with Crippen LogP contribution in [0.3, 0.4) is 0 Å². The van der Waals surface area contributed by atoms with Crippen molar-refractivity contribution >= 4 is 34.5 Å². The number of nitrogens with zero attached hydrogens (tertiary/aromatic N) is 4. The molecule has 1 fully saturated rings. The number of halogens is 1. The fourth-order valence-corrected chi connectivity index (χ4v) is 3.16. The number of carbonyl (C=O) groups is 1. The summed E-state index contributed by atoms with van der Waals surface area (Å²) in [6.45, 7) is 1.66. The van der Waals surface area contributed by atoms with Gasteiger partial charge in [0.05, 0.1) is 18.8 Å². The molecule has 2 N–H and O–H groups in total. The number of imidazole rings is 1. The highest BCUT2D eigenvalue weighted by Crippen LogP contribution is 2.27. The van der Waals surface area contributed by atoms with E-state index in [-0.39, 0.29) is 17.1 Å². The maximum Gasteiger partial charge on any atom is 0.226 e. The van der Waals surface area contributed by atoms with Crippen LogP contribution in [0.25, 0.3) is 11.2 Å². The molecule has 2 aromatic heterocycles. The summed E-state index contributed by atoms with van der Waals surface area (Å²) in [5, 5.41) is 3.02. The van der Waals surface area contributed by atoms with Gasteiger partial charge in [0.1, 0.15) is 5.52 Å². The van der Waals surface area contributed by atoms with Gasteiger partial charge in [0.25, 0.3) is 0 Å². The molecule has 9 nitrogen and oxygen atoms in total. The second-order valence-corrected chi connectivity index (χ2v) is 6.19. The number of amides is 1. The van der Waals surface area contributed by atoms with E-state index in [2.05, 4.69) is 25.3 Å². The summed E-state index contributed by atoms with van der Waals surface area (Å²) in [4.78, 5) is 30.1. The number of nitrogens with one attached hydrogen (secondary N) is 2. The molecule has 0 bridgehead atoms. The van der Waals surface area contributed by atoms with Crippen molar-refractivity contribution in [2.75, 3.05) is 38.8 Å². The number of aromatic amines is 1. The summed E-state index contributed by atoms with van der Waals surface area (Å²) in [6, 6.07) is 0. The maximum atomic E-state index is 12.5. The summed E-state index contributed by atoms with van der Waals surface area (Å²) < 4.78 is 10.2. The number of fused-ring (bicyclic) bond motifs is 1. The van der Waals surface area contributed by atoms with Crippen LogP contribution >= 0.6 is 11.6 Å². The Bertz CT molecular complexity index is 735. The third-order valence-corrected chi connectivity index (χ3v) is 4.47. The molecule has 0 aromatic carbocycles. The highest BCUT2D eigenvalue weighted by Gasteiger charge is 2.28. The van der Waals surface area contributed by atoms with Gasteiger partial charge in [0.2, 0.25) is 11.2 Å². The summed E-state index contributed by atoms with van der Waals surface area (Å²) in [5.74, 6) is 0.510. The maximum absolute atomic E-state index is 12.5. The minimum atomic E-state index is -0.450. The topological polar surface area (TPSA) is 105 Å². The van der Waals surface area contributed by atoms with E-state index in [1.165, 1.54) is 14.2 Å². The largest absolute Gasteiger partial charge is 0.354 e. The molecule has 1 atom stereocenters. The lowest BCUT2D eigenvalue weighted by Crippen LogP contribution is -2.45. The minimum Gasteiger partial charge on any atom is -0.354 e. The number of carbonyl (C=O) groups excluding carboxylic acids is 1. The monoisotopic (exact) mass is 368 g/mol. The van der Waals surface area contributed by atoms with Gasteiger partial charge in [-0.15, -0.1) is 0 Å². The molecule has 2 aromatic rings. The molecule has 0 unspecified atom stereocenters. The Balaban J connectivity index is 1.70. The Morgan fingerprint density at radius 1 is 1.48 bits per heavy atom. The second kappa shape index (κ2) is 7.94. The molecule has 1 amide bonds. The molecule has 0 radical (unpaired) electrons. The van der Waals surface area contributed by atoms with E-state index in [0.717, 1.165) is 24.9 Å². The zero-order valence-corrected chi connectivity index (χ0v) is 14.9. The fourth-order valence-electron chi connectivity index (χ4n) is 3.00. The van der Waals surface area contributed by atoms with E-state index in [1.54, 1.807) is 6.33 Å². The van der Waals surface area contributed by atoms with Crippen LogP contribution in [0.4, 0.5) is 5.82 Å². The highest BCUT2D eigenvalue weighted by molar-refractivity contribution is 6.28. The van der Waals surface area contributed by atoms with Crippen LogP contribution < -0.4 is 10.2 Å². The molecule has 1 saturated heterocycles. The lowest BCUT2D eigenvalue weighted by atomic mass is 9.97. The van der Waals surface area contributed by atoms with Gasteiger partial charge in [-0.05, 0) is 24.4 Å². The number of methoxy groups -OCH3 is 2. The van der Waals surface area contributed by atoms with Crippen LogP contribution in [-0.2, 0) is 14.3 Å². The molecular formula is C15H21ClN6O3. The molecule has 3 rings (SSSR count). The van der Waals surface area contributed by atoms with Crippen LogP contribution in [0.1, 0.15) is 12.8 Å². The Morgan fingerprint density at radius 2 is 2.28 bits per heavy atom. The molecule has 1 aliphatic heterocycles. The molecule has 25 heavy (non-hydrogen) atoms. The first kappa shape index (κ1) is 17.8. The SMILES string of the molecule is COC(CNC(=O)[C@H]1CCCN(c2nc(Cl)nc3nc[nH]c23)C1)OC. The highest BCUT2D eigenvalue weighted by atomic mass is 35.5. The number of aromatic nitrogens is 4. The summed E-state index contributed by atoms with van der Waals surface area (Å²) in [6.07, 6.45) is 2.81. The third kappa shape index (κ3) is 4.00. The van der Waals surface area contributed by atoms with Gasteiger partial charge in [0, 0.05) is 27.3 Å². The number of rotatable bonds is 6. The van der Waals surface area contributed by atoms with Gasteiger partial charge in [-0.3, -0.25) is 4.79 Å². The zero-order chi connectivity index (χ0) is 17.8. The van der Waals surface area contributed by atoms with E-state index < -0.39 is 6.29 Å². The van der Waals surface area contributed by atoms with E-state index in [4.69, 9.17) is 21.1 Å². The molecular weight excluding hydrogens is 348 g/mol. The van der Waals surface area contributed by atoms with E-state index in [1.807, 2.05) is 4.90 Å². The van der Waals surface area contributed by atoms with Crippen molar-refractivity contribution in [1.29, 1.82) is 0 Å². The standard InChI is InChI=1S/C15H21ClN6O3/c1-24-10(25-2)6-17-14(23)9-4-3-5-22(7-9)13-11-12(19-8-18-11)20-15(16)21-13/h8-10H,3-7H2,1-2H3,(H,17,23)(H,18,19,20,21)/t9-/m0/s1. The van der Waals surface area contributed by atoms with Crippen LogP contribution in [0, 0.1) is 5.92 Å². The number of hydrogen-bond donors (Lipinski definition) is 2. The Kier molecular flexibility index (Phi) is 5.67. The molecule has 0 spiro atoms. The van der Waals surface area contributed by atoms with Crippen LogP contribution in [0.15, 0.2) is 6.33 Å². The first-order valence-corrected chi connectivity index (χ1v) is 8.45. The van der Waals surface area contributed by atoms with Gasteiger partial charge in [-0.1, -0.05) is 0 Å². The minimum absolute atomic E-state index is 0.0233. The predicted molar refractivity (Wildman–Crippen MR) is 92.4 cm³/mol. The summed E-state index contributed by atoms with van der Waals surface area (Å²) in [7, 11) is 3.08. The average Bonchev–Trinajstić information content (AvgIpc) is 3.10. The quantitative estimate of drug-likeness (QED) is 0.577. The molecule has 0 aliphatic carbocycles. The van der Waals surface area contributed by atoms with E-state index in [9.17, 15) is 4.79 Å². The van der Waals surface area contributed by atoms with Crippen LogP contribution in [-0.4, -0.2) is 66.0 Å². The van der Waals surface area contributed by atoms with E-state index >= 15 is 0 Å². The summed E-state index contributed by atoms with van der Waals surface area (Å²) in [5.41, 5.74) is 1.24. The van der Waals surface area contributed by atoms with Crippen molar-refractivity contribution < 1.29 is 14.3 Å². The predicted octanol–water partition coefficient (Wildman–Crippen LogP) is 0.958. The number of anilines is 1. The number of piperidine rings is 1. The van der Waals surface area contributed by atoms with Crippen molar-refractivity contribution in [2.24, 2.45) is 5.92 Å². The fraction of sp³-hybridized carbons (Fsp3) is 0.600. The van der Waals surface area contributed by atoms with Crippen LogP contribution in [0.2, 0.25) is 5.28 Å². The lowest BCUT2D eigenvalue weighted by molar-refractivity contribution is -0.131. The van der Waals surface area contributed by atoms with Gasteiger partial charge >= 0.3 is 0 Å². The van der Waals surface area contributed by atoms with E-state index in [0.29, 0.717) is 24.6 Å². The van der Waals surface area contributed by atoms with Crippen molar-refractivity contribution in [3.05, 3.63) is 11.6 Å². The number of H-pyrrole nitrogens is 1. The smallest absolute Gasteiger partial charge is 0.226 e. The van der Waals surface area contributed by atoms with Gasteiger partial charge < -0.3 is 24.7 Å². The van der Waals surface area contributed by atoms with Crippen molar-refractivity contribution in [2.45, 2.75) is 19.1 Å². The molecule has 0 saturated carbocycles. The van der Waals surface area contributed by atoms with Crippen molar-refractivity contribution in [1.82, 2.24) is 25.3 Å². The number of ether oxygens (including phenoxy) is 2. The Morgan fingerprint density at radius 3 is 3.04 bits per heavy atom. The number of hydrogen-bond acceptors (Lipinski definition) is 7. The second-order valence-electron chi connectivity index (χ2n) is 5.85. The molecule has 1 aliphatic rings. The Hall–Kier alpha value is -1.97. The zero-order valence-electron chi connectivity index (χ0n) is 14.2. The molecule has 136 valence electrons. The first-order valence-electron chi connectivity index (χ1n) is 8.07. The molecule has 10 heteroatoms. The lowest BCUT2D eigenvalue weighted by Gasteiger charge is -2.33. The van der Waals surface area contributed by atoms with Crippen molar-refractivity contribution in [3.8, 4) is 0 Å². The third-order valence-electron chi connectivity index (χ3n) is 4.30. The average molecular weight is 369 g/mol. The van der Waals surface area contributed by atoms with Crippen LogP contribution in [0.5, 0.6) is 0 Å².